The number of halogens is 3. The molecule has 0 aliphatic rings. The Hall–Kier alpha value is -3.62. The van der Waals surface area contributed by atoms with Crippen LogP contribution in [0.15, 0.2) is 42.5 Å². The number of amides is 2. The van der Waals surface area contributed by atoms with E-state index in [-0.39, 0.29) is 18.9 Å². The van der Waals surface area contributed by atoms with Crippen molar-refractivity contribution in [1.82, 2.24) is 14.7 Å². The van der Waals surface area contributed by atoms with Crippen LogP contribution in [0, 0.1) is 31.3 Å². The molecule has 0 saturated carbocycles. The Bertz CT molecular complexity index is 1160. The molecule has 1 N–H and O–H groups in total. The van der Waals surface area contributed by atoms with Gasteiger partial charge in [0.15, 0.2) is 17.5 Å². The molecule has 1 aromatic heterocycles. The molecule has 6 nitrogen and oxygen atoms in total. The van der Waals surface area contributed by atoms with Gasteiger partial charge in [-0.15, -0.1) is 0 Å². The molecule has 0 radical (unpaired) electrons. The Morgan fingerprint density at radius 3 is 2.39 bits per heavy atom. The third-order valence-corrected chi connectivity index (χ3v) is 5.26. The molecule has 0 fully saturated rings. The highest BCUT2D eigenvalue weighted by molar-refractivity contribution is 5.95. The molecule has 174 valence electrons. The Balaban J connectivity index is 1.74. The third kappa shape index (κ3) is 5.42. The van der Waals surface area contributed by atoms with E-state index in [0.717, 1.165) is 29.1 Å². The molecule has 9 heteroatoms. The van der Waals surface area contributed by atoms with Crippen molar-refractivity contribution in [3.05, 3.63) is 76.9 Å². The molecule has 0 unspecified atom stereocenters. The van der Waals surface area contributed by atoms with Crippen molar-refractivity contribution in [2.24, 2.45) is 0 Å². The minimum atomic E-state index is -1.67. The number of carbonyl (C=O) groups excluding carboxylic acids is 2. The number of nitrogens with one attached hydrogen (secondary N) is 1. The number of anilines is 1. The van der Waals surface area contributed by atoms with Crippen LogP contribution in [-0.2, 0) is 16.0 Å². The molecule has 0 aliphatic heterocycles. The van der Waals surface area contributed by atoms with Gasteiger partial charge >= 0.3 is 0 Å². The predicted octanol–water partition coefficient (Wildman–Crippen LogP) is 4.33. The van der Waals surface area contributed by atoms with Crippen LogP contribution in [0.5, 0.6) is 0 Å². The number of rotatable bonds is 8. The summed E-state index contributed by atoms with van der Waals surface area (Å²) in [6.07, 6.45) is 0.636. The summed E-state index contributed by atoms with van der Waals surface area (Å²) >= 11 is 0. The highest BCUT2D eigenvalue weighted by atomic mass is 19.2. The molecule has 3 aromatic rings. The monoisotopic (exact) mass is 458 g/mol. The number of hydrogen-bond donors (Lipinski definition) is 1. The van der Waals surface area contributed by atoms with E-state index in [0.29, 0.717) is 18.7 Å². The standard InChI is InChI=1S/C24H25F3N4O2/c1-4-12-30(14-21(32)28-20-11-10-19(25)23(26)24(20)27)22(33)13-18-15(2)29-31(16(18)3)17-8-6-5-7-9-17/h5-11H,4,12-14H2,1-3H3,(H,28,32). The van der Waals surface area contributed by atoms with Gasteiger partial charge in [-0.25, -0.2) is 17.9 Å². The zero-order chi connectivity index (χ0) is 24.1. The normalized spacial score (nSPS) is 10.8. The molecule has 2 amide bonds. The van der Waals surface area contributed by atoms with Gasteiger partial charge in [0.2, 0.25) is 11.8 Å². The summed E-state index contributed by atoms with van der Waals surface area (Å²) in [7, 11) is 0. The van der Waals surface area contributed by atoms with E-state index in [1.807, 2.05) is 51.1 Å². The molecule has 0 bridgehead atoms. The van der Waals surface area contributed by atoms with Gasteiger partial charge in [-0.2, -0.15) is 5.10 Å². The number of benzene rings is 2. The van der Waals surface area contributed by atoms with Gasteiger partial charge in [0.1, 0.15) is 0 Å². The minimum Gasteiger partial charge on any atom is -0.333 e. The smallest absolute Gasteiger partial charge is 0.244 e. The topological polar surface area (TPSA) is 67.2 Å². The predicted molar refractivity (Wildman–Crippen MR) is 119 cm³/mol. The van der Waals surface area contributed by atoms with Crippen molar-refractivity contribution in [3.8, 4) is 5.69 Å². The van der Waals surface area contributed by atoms with Crippen LogP contribution in [0.1, 0.15) is 30.3 Å². The van der Waals surface area contributed by atoms with Crippen LogP contribution < -0.4 is 5.32 Å². The maximum absolute atomic E-state index is 13.9. The Kier molecular flexibility index (Phi) is 7.52. The first-order valence-corrected chi connectivity index (χ1v) is 10.5. The number of nitrogens with zero attached hydrogens (tertiary/aromatic N) is 3. The second-order valence-corrected chi connectivity index (χ2v) is 7.66. The third-order valence-electron chi connectivity index (χ3n) is 5.26. The van der Waals surface area contributed by atoms with Crippen molar-refractivity contribution in [2.45, 2.75) is 33.6 Å². The van der Waals surface area contributed by atoms with Gasteiger partial charge in [0, 0.05) is 17.8 Å². The first-order chi connectivity index (χ1) is 15.7. The molecule has 3 rings (SSSR count). The maximum Gasteiger partial charge on any atom is 0.244 e. The van der Waals surface area contributed by atoms with Crippen molar-refractivity contribution in [1.29, 1.82) is 0 Å². The zero-order valence-electron chi connectivity index (χ0n) is 18.7. The Labute approximate surface area is 190 Å². The average molecular weight is 458 g/mol. The molecule has 2 aromatic carbocycles. The molecule has 1 heterocycles. The van der Waals surface area contributed by atoms with Gasteiger partial charge < -0.3 is 10.2 Å². The zero-order valence-corrected chi connectivity index (χ0v) is 18.7. The first kappa shape index (κ1) is 24.0. The fourth-order valence-corrected chi connectivity index (χ4v) is 3.56. The lowest BCUT2D eigenvalue weighted by Gasteiger charge is -2.22. The van der Waals surface area contributed by atoms with Crippen molar-refractivity contribution < 1.29 is 22.8 Å². The molecular formula is C24H25F3N4O2. The number of hydrogen-bond acceptors (Lipinski definition) is 3. The summed E-state index contributed by atoms with van der Waals surface area (Å²) in [5, 5.41) is 6.74. The van der Waals surface area contributed by atoms with E-state index in [1.54, 1.807) is 4.68 Å². The van der Waals surface area contributed by atoms with Crippen LogP contribution in [0.3, 0.4) is 0 Å². The second-order valence-electron chi connectivity index (χ2n) is 7.66. The van der Waals surface area contributed by atoms with E-state index in [1.165, 1.54) is 4.90 Å². The fraction of sp³-hybridized carbons (Fsp3) is 0.292. The van der Waals surface area contributed by atoms with Gasteiger partial charge in [-0.3, -0.25) is 9.59 Å². The maximum atomic E-state index is 13.9. The quantitative estimate of drug-likeness (QED) is 0.511. The molecule has 0 atom stereocenters. The van der Waals surface area contributed by atoms with Crippen LogP contribution >= 0.6 is 0 Å². The first-order valence-electron chi connectivity index (χ1n) is 10.5. The van der Waals surface area contributed by atoms with E-state index in [2.05, 4.69) is 10.4 Å². The van der Waals surface area contributed by atoms with Crippen molar-refractivity contribution in [2.75, 3.05) is 18.4 Å². The van der Waals surface area contributed by atoms with Crippen LogP contribution in [0.2, 0.25) is 0 Å². The summed E-state index contributed by atoms with van der Waals surface area (Å²) in [5.74, 6) is -5.52. The van der Waals surface area contributed by atoms with Gasteiger partial charge in [-0.05, 0) is 44.5 Å². The summed E-state index contributed by atoms with van der Waals surface area (Å²) in [6, 6.07) is 11.2. The van der Waals surface area contributed by atoms with Crippen molar-refractivity contribution >= 4 is 17.5 Å². The Morgan fingerprint density at radius 2 is 1.73 bits per heavy atom. The number of aryl methyl sites for hydroxylation is 1. The molecule has 0 saturated heterocycles. The lowest BCUT2D eigenvalue weighted by Crippen LogP contribution is -2.39. The lowest BCUT2D eigenvalue weighted by atomic mass is 10.1. The summed E-state index contributed by atoms with van der Waals surface area (Å²) in [6.45, 7) is 5.50. The highest BCUT2D eigenvalue weighted by Gasteiger charge is 2.22. The summed E-state index contributed by atoms with van der Waals surface area (Å²) in [4.78, 5) is 26.8. The fourth-order valence-electron chi connectivity index (χ4n) is 3.56. The van der Waals surface area contributed by atoms with Crippen LogP contribution in [-0.4, -0.2) is 39.6 Å². The minimum absolute atomic E-state index is 0.0390. The van der Waals surface area contributed by atoms with E-state index in [4.69, 9.17) is 0 Å². The largest absolute Gasteiger partial charge is 0.333 e. The SMILES string of the molecule is CCCN(CC(=O)Nc1ccc(F)c(F)c1F)C(=O)Cc1c(C)nn(-c2ccccc2)c1C. The second kappa shape index (κ2) is 10.3. The van der Waals surface area contributed by atoms with Gasteiger partial charge in [0.25, 0.3) is 0 Å². The van der Waals surface area contributed by atoms with Crippen molar-refractivity contribution in [3.63, 3.8) is 0 Å². The number of aromatic nitrogens is 2. The van der Waals surface area contributed by atoms with Crippen LogP contribution in [0.25, 0.3) is 5.69 Å². The molecule has 33 heavy (non-hydrogen) atoms. The molecule has 0 aliphatic carbocycles. The summed E-state index contributed by atoms with van der Waals surface area (Å²) in [5.41, 5.74) is 2.66. The number of carbonyl (C=O) groups is 2. The van der Waals surface area contributed by atoms with E-state index in [9.17, 15) is 22.8 Å². The molecular weight excluding hydrogens is 433 g/mol. The van der Waals surface area contributed by atoms with Gasteiger partial charge in [0.05, 0.1) is 30.0 Å². The van der Waals surface area contributed by atoms with Crippen LogP contribution in [0.4, 0.5) is 18.9 Å². The summed E-state index contributed by atoms with van der Waals surface area (Å²) < 4.78 is 42.2. The lowest BCUT2D eigenvalue weighted by molar-refractivity contribution is -0.134. The highest BCUT2D eigenvalue weighted by Crippen LogP contribution is 2.21. The number of para-hydroxylation sites is 1. The van der Waals surface area contributed by atoms with E-state index >= 15 is 0 Å². The van der Waals surface area contributed by atoms with E-state index < -0.39 is 29.0 Å². The Morgan fingerprint density at radius 1 is 1.03 bits per heavy atom. The average Bonchev–Trinajstić information content (AvgIpc) is 3.08. The van der Waals surface area contributed by atoms with Gasteiger partial charge in [-0.1, -0.05) is 25.1 Å². The molecule has 0 spiro atoms.